The molecule has 24 heavy (non-hydrogen) atoms. The first-order valence-electron chi connectivity index (χ1n) is 8.23. The van der Waals surface area contributed by atoms with Crippen LogP contribution in [0.3, 0.4) is 0 Å². The molecule has 5 nitrogen and oxygen atoms in total. The SMILES string of the molecule is CN(c1ccnc(C2CC2)n1)C1CCN(c2ncc(Cl)cc2Cl)C1. The lowest BCUT2D eigenvalue weighted by molar-refractivity contribution is 0.679. The molecule has 0 radical (unpaired) electrons. The molecule has 2 aromatic rings. The van der Waals surface area contributed by atoms with E-state index in [1.54, 1.807) is 12.3 Å². The third-order valence-electron chi connectivity index (χ3n) is 4.76. The third-order valence-corrected chi connectivity index (χ3v) is 5.25. The Kier molecular flexibility index (Phi) is 4.22. The van der Waals surface area contributed by atoms with Crippen LogP contribution in [0.1, 0.15) is 31.0 Å². The summed E-state index contributed by atoms with van der Waals surface area (Å²) in [6.07, 6.45) is 6.99. The number of hydrogen-bond donors (Lipinski definition) is 0. The van der Waals surface area contributed by atoms with Crippen molar-refractivity contribution in [1.82, 2.24) is 15.0 Å². The van der Waals surface area contributed by atoms with E-state index in [0.29, 0.717) is 22.0 Å². The normalized spacial score (nSPS) is 20.5. The maximum Gasteiger partial charge on any atom is 0.147 e. The van der Waals surface area contributed by atoms with Crippen LogP contribution in [0, 0.1) is 0 Å². The molecule has 0 aromatic carbocycles. The molecular formula is C17H19Cl2N5. The quantitative estimate of drug-likeness (QED) is 0.826. The van der Waals surface area contributed by atoms with Gasteiger partial charge in [0.25, 0.3) is 0 Å². The van der Waals surface area contributed by atoms with Gasteiger partial charge in [0.15, 0.2) is 0 Å². The van der Waals surface area contributed by atoms with Crippen molar-refractivity contribution in [2.45, 2.75) is 31.2 Å². The highest BCUT2D eigenvalue weighted by molar-refractivity contribution is 6.36. The van der Waals surface area contributed by atoms with E-state index in [4.69, 9.17) is 28.2 Å². The largest absolute Gasteiger partial charge is 0.355 e. The number of likely N-dealkylation sites (N-methyl/N-ethyl adjacent to an activating group) is 1. The van der Waals surface area contributed by atoms with Gasteiger partial charge in [0.05, 0.1) is 10.0 Å². The average molecular weight is 364 g/mol. The molecule has 2 aliphatic rings. The number of rotatable bonds is 4. The molecular weight excluding hydrogens is 345 g/mol. The summed E-state index contributed by atoms with van der Waals surface area (Å²) >= 11 is 12.2. The summed E-state index contributed by atoms with van der Waals surface area (Å²) in [6, 6.07) is 4.11. The number of nitrogens with zero attached hydrogens (tertiary/aromatic N) is 5. The zero-order chi connectivity index (χ0) is 16.7. The van der Waals surface area contributed by atoms with Gasteiger partial charge < -0.3 is 9.80 Å². The molecule has 0 spiro atoms. The molecule has 1 aliphatic carbocycles. The fourth-order valence-electron chi connectivity index (χ4n) is 3.18. The van der Waals surface area contributed by atoms with E-state index in [-0.39, 0.29) is 0 Å². The minimum atomic E-state index is 0.375. The number of aromatic nitrogens is 3. The number of halogens is 2. The summed E-state index contributed by atoms with van der Waals surface area (Å²) in [4.78, 5) is 18.0. The van der Waals surface area contributed by atoms with Crippen LogP contribution in [0.2, 0.25) is 10.0 Å². The maximum absolute atomic E-state index is 6.29. The van der Waals surface area contributed by atoms with Crippen molar-refractivity contribution in [3.63, 3.8) is 0 Å². The molecule has 7 heteroatoms. The van der Waals surface area contributed by atoms with Crippen molar-refractivity contribution in [1.29, 1.82) is 0 Å². The zero-order valence-electron chi connectivity index (χ0n) is 13.5. The molecule has 1 atom stereocenters. The Morgan fingerprint density at radius 3 is 2.79 bits per heavy atom. The van der Waals surface area contributed by atoms with Gasteiger partial charge in [-0.05, 0) is 31.4 Å². The Hall–Kier alpha value is -1.59. The van der Waals surface area contributed by atoms with Gasteiger partial charge in [-0.2, -0.15) is 0 Å². The minimum absolute atomic E-state index is 0.375. The summed E-state index contributed by atoms with van der Waals surface area (Å²) in [6.45, 7) is 1.79. The van der Waals surface area contributed by atoms with Crippen molar-refractivity contribution < 1.29 is 0 Å². The van der Waals surface area contributed by atoms with E-state index in [1.807, 2.05) is 12.3 Å². The van der Waals surface area contributed by atoms with E-state index in [9.17, 15) is 0 Å². The van der Waals surface area contributed by atoms with Crippen LogP contribution in [0.4, 0.5) is 11.6 Å². The second-order valence-corrected chi connectivity index (χ2v) is 7.35. The molecule has 2 aromatic heterocycles. The summed E-state index contributed by atoms with van der Waals surface area (Å²) in [7, 11) is 2.10. The van der Waals surface area contributed by atoms with Gasteiger partial charge >= 0.3 is 0 Å². The molecule has 0 amide bonds. The highest BCUT2D eigenvalue weighted by Gasteiger charge is 2.30. The Morgan fingerprint density at radius 2 is 2.04 bits per heavy atom. The zero-order valence-corrected chi connectivity index (χ0v) is 15.0. The highest BCUT2D eigenvalue weighted by Crippen LogP contribution is 2.38. The van der Waals surface area contributed by atoms with Crippen LogP contribution in [-0.4, -0.2) is 41.1 Å². The topological polar surface area (TPSA) is 45.2 Å². The second-order valence-electron chi connectivity index (χ2n) is 6.51. The van der Waals surface area contributed by atoms with E-state index >= 15 is 0 Å². The molecule has 1 saturated carbocycles. The van der Waals surface area contributed by atoms with Crippen LogP contribution < -0.4 is 9.80 Å². The van der Waals surface area contributed by atoms with Crippen molar-refractivity contribution in [2.75, 3.05) is 29.9 Å². The van der Waals surface area contributed by atoms with Crippen LogP contribution in [0.15, 0.2) is 24.5 Å². The summed E-state index contributed by atoms with van der Waals surface area (Å²) in [5, 5.41) is 1.16. The Labute approximate surface area is 151 Å². The molecule has 1 unspecified atom stereocenters. The van der Waals surface area contributed by atoms with Crippen molar-refractivity contribution in [3.05, 3.63) is 40.4 Å². The fraction of sp³-hybridized carbons (Fsp3) is 0.471. The molecule has 1 saturated heterocycles. The smallest absolute Gasteiger partial charge is 0.147 e. The van der Waals surface area contributed by atoms with Crippen molar-refractivity contribution >= 4 is 34.8 Å². The fourth-order valence-corrected chi connectivity index (χ4v) is 3.68. The van der Waals surface area contributed by atoms with Gasteiger partial charge in [-0.15, -0.1) is 0 Å². The predicted octanol–water partition coefficient (Wildman–Crippen LogP) is 3.77. The molecule has 2 fully saturated rings. The average Bonchev–Trinajstić information content (AvgIpc) is 3.32. The van der Waals surface area contributed by atoms with Crippen molar-refractivity contribution in [2.24, 2.45) is 0 Å². The number of hydrogen-bond acceptors (Lipinski definition) is 5. The van der Waals surface area contributed by atoms with Crippen LogP contribution in [0.25, 0.3) is 0 Å². The van der Waals surface area contributed by atoms with Crippen LogP contribution in [0.5, 0.6) is 0 Å². The number of pyridine rings is 1. The summed E-state index contributed by atoms with van der Waals surface area (Å²) < 4.78 is 0. The molecule has 1 aliphatic heterocycles. The molecule has 126 valence electrons. The van der Waals surface area contributed by atoms with Gasteiger partial charge in [0, 0.05) is 44.5 Å². The minimum Gasteiger partial charge on any atom is -0.355 e. The second kappa shape index (κ2) is 6.37. The van der Waals surface area contributed by atoms with E-state index < -0.39 is 0 Å². The van der Waals surface area contributed by atoms with E-state index in [2.05, 4.69) is 26.8 Å². The molecule has 3 heterocycles. The monoisotopic (exact) mass is 363 g/mol. The first-order chi connectivity index (χ1) is 11.6. The Balaban J connectivity index is 1.48. The standard InChI is InChI=1S/C17H19Cl2N5/c1-23(15-4-6-20-16(22-15)11-2-3-11)13-5-7-24(10-13)17-14(19)8-12(18)9-21-17/h4,6,8-9,11,13H,2-3,5,7,10H2,1H3. The lowest BCUT2D eigenvalue weighted by atomic mass is 10.2. The van der Waals surface area contributed by atoms with Gasteiger partial charge in [0.2, 0.25) is 0 Å². The molecule has 0 N–H and O–H groups in total. The molecule has 0 bridgehead atoms. The highest BCUT2D eigenvalue weighted by atomic mass is 35.5. The Bertz CT molecular complexity index is 750. The van der Waals surface area contributed by atoms with E-state index in [0.717, 1.165) is 37.0 Å². The van der Waals surface area contributed by atoms with E-state index in [1.165, 1.54) is 12.8 Å². The van der Waals surface area contributed by atoms with Gasteiger partial charge in [-0.1, -0.05) is 23.2 Å². The lowest BCUT2D eigenvalue weighted by Gasteiger charge is -2.26. The summed E-state index contributed by atoms with van der Waals surface area (Å²) in [5.41, 5.74) is 0. The summed E-state index contributed by atoms with van der Waals surface area (Å²) in [5.74, 6) is 3.35. The predicted molar refractivity (Wildman–Crippen MR) is 97.3 cm³/mol. The van der Waals surface area contributed by atoms with Crippen LogP contribution in [-0.2, 0) is 0 Å². The van der Waals surface area contributed by atoms with Crippen molar-refractivity contribution in [3.8, 4) is 0 Å². The maximum atomic E-state index is 6.29. The lowest BCUT2D eigenvalue weighted by Crippen LogP contribution is -2.35. The molecule has 4 rings (SSSR count). The first kappa shape index (κ1) is 15.9. The van der Waals surface area contributed by atoms with Crippen LogP contribution >= 0.6 is 23.2 Å². The van der Waals surface area contributed by atoms with Gasteiger partial charge in [0.1, 0.15) is 17.5 Å². The Morgan fingerprint density at radius 1 is 1.21 bits per heavy atom. The number of anilines is 2. The van der Waals surface area contributed by atoms with Gasteiger partial charge in [-0.25, -0.2) is 15.0 Å². The van der Waals surface area contributed by atoms with Gasteiger partial charge in [-0.3, -0.25) is 0 Å². The first-order valence-corrected chi connectivity index (χ1v) is 8.99. The third kappa shape index (κ3) is 3.15.